The maximum Gasteiger partial charge on any atom is 0.254 e. The highest BCUT2D eigenvalue weighted by atomic mass is 35.5. The Bertz CT molecular complexity index is 503. The van der Waals surface area contributed by atoms with Crippen LogP contribution in [-0.4, -0.2) is 18.0 Å². The van der Waals surface area contributed by atoms with E-state index in [2.05, 4.69) is 23.5 Å². The fourth-order valence-corrected chi connectivity index (χ4v) is 1.68. The van der Waals surface area contributed by atoms with Crippen molar-refractivity contribution >= 4 is 23.2 Å². The molecule has 0 saturated heterocycles. The van der Waals surface area contributed by atoms with Crippen molar-refractivity contribution in [1.29, 1.82) is 0 Å². The van der Waals surface area contributed by atoms with Crippen LogP contribution in [0.25, 0.3) is 0 Å². The zero-order chi connectivity index (χ0) is 14.5. The van der Waals surface area contributed by atoms with Gasteiger partial charge in [-0.05, 0) is 38.5 Å². The van der Waals surface area contributed by atoms with Crippen molar-refractivity contribution in [3.05, 3.63) is 28.8 Å². The lowest BCUT2D eigenvalue weighted by molar-refractivity contribution is 0.0930. The van der Waals surface area contributed by atoms with Crippen molar-refractivity contribution in [2.45, 2.75) is 32.7 Å². The van der Waals surface area contributed by atoms with Gasteiger partial charge >= 0.3 is 0 Å². The third-order valence-corrected chi connectivity index (χ3v) is 2.81. The third kappa shape index (κ3) is 4.50. The molecule has 102 valence electrons. The standard InChI is InChI=1S/C15H19ClN2O/c1-5-9-17-13-10-11(16)7-8-12(13)14(19)18-15(3,4)6-2/h2,7-8,10,17H,5,9H2,1,3-4H3,(H,18,19). The van der Waals surface area contributed by atoms with E-state index in [4.69, 9.17) is 18.0 Å². The Balaban J connectivity index is 2.99. The molecule has 0 saturated carbocycles. The van der Waals surface area contributed by atoms with E-state index in [0.29, 0.717) is 10.6 Å². The lowest BCUT2D eigenvalue weighted by atomic mass is 10.1. The van der Waals surface area contributed by atoms with Crippen LogP contribution in [0.2, 0.25) is 5.02 Å². The van der Waals surface area contributed by atoms with Crippen LogP contribution in [0, 0.1) is 12.3 Å². The fraction of sp³-hybridized carbons (Fsp3) is 0.400. The molecule has 0 radical (unpaired) electrons. The van der Waals surface area contributed by atoms with E-state index >= 15 is 0 Å². The van der Waals surface area contributed by atoms with Gasteiger partial charge in [-0.2, -0.15) is 0 Å². The molecule has 0 aliphatic heterocycles. The highest BCUT2D eigenvalue weighted by molar-refractivity contribution is 6.31. The number of carbonyl (C=O) groups excluding carboxylic acids is 1. The van der Waals surface area contributed by atoms with Gasteiger partial charge < -0.3 is 10.6 Å². The molecule has 0 heterocycles. The molecular weight excluding hydrogens is 260 g/mol. The third-order valence-electron chi connectivity index (χ3n) is 2.58. The lowest BCUT2D eigenvalue weighted by Crippen LogP contribution is -2.42. The van der Waals surface area contributed by atoms with Crippen molar-refractivity contribution in [3.8, 4) is 12.3 Å². The summed E-state index contributed by atoms with van der Waals surface area (Å²) >= 11 is 5.96. The first-order valence-corrected chi connectivity index (χ1v) is 6.61. The van der Waals surface area contributed by atoms with Crippen LogP contribution in [-0.2, 0) is 0 Å². The van der Waals surface area contributed by atoms with E-state index in [1.807, 2.05) is 0 Å². The monoisotopic (exact) mass is 278 g/mol. The molecule has 0 unspecified atom stereocenters. The van der Waals surface area contributed by atoms with Crippen LogP contribution in [0.4, 0.5) is 5.69 Å². The molecule has 0 aliphatic carbocycles. The summed E-state index contributed by atoms with van der Waals surface area (Å²) < 4.78 is 0. The normalized spacial score (nSPS) is 10.7. The Morgan fingerprint density at radius 2 is 2.16 bits per heavy atom. The molecule has 1 amide bonds. The van der Waals surface area contributed by atoms with Gasteiger partial charge in [-0.1, -0.05) is 24.4 Å². The van der Waals surface area contributed by atoms with Crippen molar-refractivity contribution in [2.24, 2.45) is 0 Å². The number of nitrogens with one attached hydrogen (secondary N) is 2. The molecule has 0 fully saturated rings. The Hall–Kier alpha value is -1.66. The minimum absolute atomic E-state index is 0.210. The van der Waals surface area contributed by atoms with Crippen molar-refractivity contribution < 1.29 is 4.79 Å². The van der Waals surface area contributed by atoms with Gasteiger partial charge in [0.1, 0.15) is 0 Å². The SMILES string of the molecule is C#CC(C)(C)NC(=O)c1ccc(Cl)cc1NCCC. The van der Waals surface area contributed by atoms with E-state index in [0.717, 1.165) is 18.7 Å². The first-order valence-electron chi connectivity index (χ1n) is 6.23. The molecule has 0 bridgehead atoms. The van der Waals surface area contributed by atoms with E-state index in [-0.39, 0.29) is 5.91 Å². The van der Waals surface area contributed by atoms with Crippen LogP contribution in [0.1, 0.15) is 37.6 Å². The topological polar surface area (TPSA) is 41.1 Å². The second-order valence-corrected chi connectivity index (χ2v) is 5.28. The van der Waals surface area contributed by atoms with Crippen molar-refractivity contribution in [1.82, 2.24) is 5.32 Å². The number of benzene rings is 1. The minimum Gasteiger partial charge on any atom is -0.384 e. The molecule has 1 rings (SSSR count). The molecule has 3 nitrogen and oxygen atoms in total. The van der Waals surface area contributed by atoms with E-state index in [9.17, 15) is 4.79 Å². The number of terminal acetylenes is 1. The molecule has 0 aromatic heterocycles. The van der Waals surface area contributed by atoms with Gasteiger partial charge in [0.25, 0.3) is 5.91 Å². The zero-order valence-corrected chi connectivity index (χ0v) is 12.3. The van der Waals surface area contributed by atoms with E-state index in [1.165, 1.54) is 0 Å². The number of amides is 1. The van der Waals surface area contributed by atoms with Crippen LogP contribution in [0.3, 0.4) is 0 Å². The molecule has 19 heavy (non-hydrogen) atoms. The first-order chi connectivity index (χ1) is 8.89. The van der Waals surface area contributed by atoms with Crippen molar-refractivity contribution in [3.63, 3.8) is 0 Å². The summed E-state index contributed by atoms with van der Waals surface area (Å²) in [5.41, 5.74) is 0.583. The molecule has 1 aromatic carbocycles. The van der Waals surface area contributed by atoms with E-state index < -0.39 is 5.54 Å². The zero-order valence-electron chi connectivity index (χ0n) is 11.5. The van der Waals surface area contributed by atoms with Gasteiger partial charge in [0.2, 0.25) is 0 Å². The van der Waals surface area contributed by atoms with Gasteiger partial charge in [-0.3, -0.25) is 4.79 Å². The summed E-state index contributed by atoms with van der Waals surface area (Å²) in [6.45, 7) is 6.39. The van der Waals surface area contributed by atoms with Gasteiger partial charge in [-0.25, -0.2) is 0 Å². The number of rotatable bonds is 5. The number of halogens is 1. The minimum atomic E-state index is -0.682. The van der Waals surface area contributed by atoms with Crippen molar-refractivity contribution in [2.75, 3.05) is 11.9 Å². The molecule has 1 aromatic rings. The second kappa shape index (κ2) is 6.49. The summed E-state index contributed by atoms with van der Waals surface area (Å²) in [5, 5.41) is 6.58. The summed E-state index contributed by atoms with van der Waals surface area (Å²) in [5.74, 6) is 2.33. The quantitative estimate of drug-likeness (QED) is 0.812. The fourth-order valence-electron chi connectivity index (χ4n) is 1.51. The van der Waals surface area contributed by atoms with Crippen LogP contribution >= 0.6 is 11.6 Å². The molecule has 0 atom stereocenters. The molecule has 0 aliphatic rings. The van der Waals surface area contributed by atoms with Gasteiger partial charge in [0.15, 0.2) is 0 Å². The average Bonchev–Trinajstić information content (AvgIpc) is 2.35. The number of anilines is 1. The Labute approximate surface area is 119 Å². The smallest absolute Gasteiger partial charge is 0.254 e. The Morgan fingerprint density at radius 1 is 1.47 bits per heavy atom. The Morgan fingerprint density at radius 3 is 2.74 bits per heavy atom. The predicted octanol–water partition coefficient (Wildman–Crippen LogP) is 3.30. The van der Waals surface area contributed by atoms with Crippen LogP contribution in [0.5, 0.6) is 0 Å². The number of carbonyl (C=O) groups is 1. The molecule has 2 N–H and O–H groups in total. The maximum absolute atomic E-state index is 12.2. The molecule has 4 heteroatoms. The summed E-state index contributed by atoms with van der Waals surface area (Å²) in [6, 6.07) is 5.13. The van der Waals surface area contributed by atoms with E-state index in [1.54, 1.807) is 32.0 Å². The predicted molar refractivity (Wildman–Crippen MR) is 80.6 cm³/mol. The van der Waals surface area contributed by atoms with Crippen LogP contribution in [0.15, 0.2) is 18.2 Å². The Kier molecular flexibility index (Phi) is 5.26. The van der Waals surface area contributed by atoms with Crippen LogP contribution < -0.4 is 10.6 Å². The number of hydrogen-bond acceptors (Lipinski definition) is 2. The van der Waals surface area contributed by atoms with Gasteiger partial charge in [-0.15, -0.1) is 6.42 Å². The second-order valence-electron chi connectivity index (χ2n) is 4.84. The summed E-state index contributed by atoms with van der Waals surface area (Å²) in [6.07, 6.45) is 6.34. The van der Waals surface area contributed by atoms with Gasteiger partial charge in [0, 0.05) is 17.3 Å². The average molecular weight is 279 g/mol. The molecular formula is C15H19ClN2O. The number of hydrogen-bond donors (Lipinski definition) is 2. The maximum atomic E-state index is 12.2. The summed E-state index contributed by atoms with van der Waals surface area (Å²) in [4.78, 5) is 12.2. The largest absolute Gasteiger partial charge is 0.384 e. The first kappa shape index (κ1) is 15.4. The highest BCUT2D eigenvalue weighted by Crippen LogP contribution is 2.21. The summed E-state index contributed by atoms with van der Waals surface area (Å²) in [7, 11) is 0. The highest BCUT2D eigenvalue weighted by Gasteiger charge is 2.20. The molecule has 0 spiro atoms. The van der Waals surface area contributed by atoms with Gasteiger partial charge in [0.05, 0.1) is 11.1 Å². The lowest BCUT2D eigenvalue weighted by Gasteiger charge is -2.21.